The number of fused-ring (bicyclic) bond motifs is 1. The van der Waals surface area contributed by atoms with Crippen molar-refractivity contribution in [2.24, 2.45) is 0 Å². The first kappa shape index (κ1) is 17.0. The van der Waals surface area contributed by atoms with E-state index in [0.717, 1.165) is 47.1 Å². The van der Waals surface area contributed by atoms with Crippen LogP contribution in [0.1, 0.15) is 52.9 Å². The lowest BCUT2D eigenvalue weighted by Gasteiger charge is -2.11. The maximum Gasteiger partial charge on any atom is 0.252 e. The van der Waals surface area contributed by atoms with Gasteiger partial charge in [-0.2, -0.15) is 15.2 Å². The van der Waals surface area contributed by atoms with Crippen molar-refractivity contribution < 1.29 is 0 Å². The molecule has 0 N–H and O–H groups in total. The fraction of sp³-hybridized carbons (Fsp3) is 0.400. The van der Waals surface area contributed by atoms with E-state index in [4.69, 9.17) is 10.1 Å². The van der Waals surface area contributed by atoms with Gasteiger partial charge in [0.25, 0.3) is 5.78 Å². The van der Waals surface area contributed by atoms with Gasteiger partial charge in [-0.15, -0.1) is 0 Å². The molecule has 142 valence electrons. The zero-order chi connectivity index (χ0) is 19.3. The van der Waals surface area contributed by atoms with Crippen molar-refractivity contribution in [1.82, 2.24) is 39.3 Å². The number of rotatable bonds is 5. The van der Waals surface area contributed by atoms with Crippen molar-refractivity contribution in [3.63, 3.8) is 0 Å². The highest BCUT2D eigenvalue weighted by atomic mass is 15.4. The lowest BCUT2D eigenvalue weighted by atomic mass is 10.1. The minimum absolute atomic E-state index is 0.513. The van der Waals surface area contributed by atoms with Crippen LogP contribution in [0.25, 0.3) is 11.5 Å². The molecule has 4 heterocycles. The summed E-state index contributed by atoms with van der Waals surface area (Å²) < 4.78 is 3.80. The quantitative estimate of drug-likeness (QED) is 0.534. The van der Waals surface area contributed by atoms with E-state index in [2.05, 4.69) is 33.9 Å². The summed E-state index contributed by atoms with van der Waals surface area (Å²) >= 11 is 0. The first-order chi connectivity index (χ1) is 13.6. The lowest BCUT2D eigenvalue weighted by molar-refractivity contribution is 0.746. The molecule has 28 heavy (non-hydrogen) atoms. The van der Waals surface area contributed by atoms with Crippen molar-refractivity contribution in [3.05, 3.63) is 59.0 Å². The summed E-state index contributed by atoms with van der Waals surface area (Å²) in [7, 11) is 0. The predicted octanol–water partition coefficient (Wildman–Crippen LogP) is 2.69. The van der Waals surface area contributed by atoms with Crippen LogP contribution in [0.2, 0.25) is 0 Å². The molecule has 0 atom stereocenters. The van der Waals surface area contributed by atoms with E-state index in [-0.39, 0.29) is 0 Å². The Balaban J connectivity index is 1.51. The van der Waals surface area contributed by atoms with Gasteiger partial charge in [0.05, 0.1) is 5.69 Å². The largest absolute Gasteiger partial charge is 0.264 e. The molecule has 1 aliphatic carbocycles. The topological polar surface area (TPSA) is 86.7 Å². The van der Waals surface area contributed by atoms with Crippen LogP contribution in [0, 0.1) is 20.8 Å². The van der Waals surface area contributed by atoms with Crippen LogP contribution in [0.5, 0.6) is 0 Å². The molecule has 0 bridgehead atoms. The Morgan fingerprint density at radius 2 is 1.96 bits per heavy atom. The molecule has 1 saturated carbocycles. The highest BCUT2D eigenvalue weighted by molar-refractivity contribution is 5.39. The third-order valence-electron chi connectivity index (χ3n) is 5.44. The van der Waals surface area contributed by atoms with Gasteiger partial charge in [-0.3, -0.25) is 4.98 Å². The average Bonchev–Trinajstić information content (AvgIpc) is 3.28. The summed E-state index contributed by atoms with van der Waals surface area (Å²) in [4.78, 5) is 17.9. The van der Waals surface area contributed by atoms with E-state index in [1.165, 1.54) is 18.4 Å². The van der Waals surface area contributed by atoms with Crippen LogP contribution < -0.4 is 0 Å². The zero-order valence-electron chi connectivity index (χ0n) is 16.3. The Morgan fingerprint density at radius 1 is 1.11 bits per heavy atom. The van der Waals surface area contributed by atoms with Gasteiger partial charge in [-0.25, -0.2) is 19.2 Å². The second kappa shape index (κ2) is 6.47. The molecule has 8 nitrogen and oxygen atoms in total. The van der Waals surface area contributed by atoms with Gasteiger partial charge in [-0.1, -0.05) is 0 Å². The molecule has 0 aromatic carbocycles. The number of aromatic nitrogens is 8. The molecular formula is C20H22N8. The monoisotopic (exact) mass is 374 g/mol. The van der Waals surface area contributed by atoms with E-state index in [9.17, 15) is 0 Å². The number of nitrogens with zero attached hydrogens (tertiary/aromatic N) is 8. The molecular weight excluding hydrogens is 352 g/mol. The van der Waals surface area contributed by atoms with Crippen LogP contribution >= 0.6 is 0 Å². The summed E-state index contributed by atoms with van der Waals surface area (Å²) in [5, 5.41) is 9.13. The number of pyridine rings is 1. The molecule has 5 rings (SSSR count). The van der Waals surface area contributed by atoms with E-state index < -0.39 is 0 Å². The second-order valence-electron chi connectivity index (χ2n) is 7.47. The minimum atomic E-state index is 0.513. The molecule has 0 unspecified atom stereocenters. The summed E-state index contributed by atoms with van der Waals surface area (Å²) in [6, 6.07) is 2.00. The second-order valence-corrected chi connectivity index (χ2v) is 7.47. The van der Waals surface area contributed by atoms with Gasteiger partial charge >= 0.3 is 0 Å². The molecule has 1 aliphatic rings. The van der Waals surface area contributed by atoms with Crippen molar-refractivity contribution in [1.29, 1.82) is 0 Å². The van der Waals surface area contributed by atoms with Gasteiger partial charge in [0.2, 0.25) is 0 Å². The van der Waals surface area contributed by atoms with Crippen LogP contribution in [-0.4, -0.2) is 39.3 Å². The van der Waals surface area contributed by atoms with Crippen molar-refractivity contribution in [2.75, 3.05) is 0 Å². The van der Waals surface area contributed by atoms with E-state index in [1.807, 2.05) is 23.9 Å². The van der Waals surface area contributed by atoms with Gasteiger partial charge < -0.3 is 0 Å². The standard InChI is InChI=1S/C20H22N8/c1-12-10-21-9-8-17(12)28-18(25-19(26-28)15-4-5-15)7-6-16-13(2)24-20-22-11-23-27(20)14(16)3/h8-11,15H,4-7H2,1-3H3. The number of hydrogen-bond donors (Lipinski definition) is 0. The summed E-state index contributed by atoms with van der Waals surface area (Å²) in [6.07, 6.45) is 9.20. The SMILES string of the molecule is Cc1cnccc1-n1nc(C2CC2)nc1CCc1c(C)nc2ncnn2c1C. The minimum Gasteiger partial charge on any atom is -0.264 e. The fourth-order valence-electron chi connectivity index (χ4n) is 3.69. The Hall–Kier alpha value is -3.16. The Bertz CT molecular complexity index is 1170. The highest BCUT2D eigenvalue weighted by Crippen LogP contribution is 2.38. The Kier molecular flexibility index (Phi) is 3.92. The van der Waals surface area contributed by atoms with Gasteiger partial charge in [-0.05, 0) is 57.2 Å². The first-order valence-corrected chi connectivity index (χ1v) is 9.64. The fourth-order valence-corrected chi connectivity index (χ4v) is 3.69. The average molecular weight is 374 g/mol. The van der Waals surface area contributed by atoms with Gasteiger partial charge in [0.1, 0.15) is 12.2 Å². The van der Waals surface area contributed by atoms with Crippen molar-refractivity contribution >= 4 is 5.78 Å². The van der Waals surface area contributed by atoms with Crippen LogP contribution in [0.15, 0.2) is 24.8 Å². The summed E-state index contributed by atoms with van der Waals surface area (Å²) in [6.45, 7) is 6.16. The molecule has 0 saturated heterocycles. The Morgan fingerprint density at radius 3 is 2.75 bits per heavy atom. The predicted molar refractivity (Wildman–Crippen MR) is 104 cm³/mol. The van der Waals surface area contributed by atoms with Gasteiger partial charge in [0.15, 0.2) is 5.82 Å². The van der Waals surface area contributed by atoms with Crippen LogP contribution in [0.3, 0.4) is 0 Å². The van der Waals surface area contributed by atoms with Gasteiger partial charge in [0, 0.05) is 36.1 Å². The lowest BCUT2D eigenvalue weighted by Crippen LogP contribution is -2.10. The zero-order valence-corrected chi connectivity index (χ0v) is 16.3. The maximum atomic E-state index is 4.89. The van der Waals surface area contributed by atoms with Crippen molar-refractivity contribution in [2.45, 2.75) is 52.4 Å². The number of hydrogen-bond acceptors (Lipinski definition) is 6. The molecule has 4 aromatic rings. The van der Waals surface area contributed by atoms with E-state index in [1.54, 1.807) is 17.0 Å². The summed E-state index contributed by atoms with van der Waals surface area (Å²) in [5.74, 6) is 3.10. The molecule has 0 spiro atoms. The van der Waals surface area contributed by atoms with Crippen molar-refractivity contribution in [3.8, 4) is 5.69 Å². The smallest absolute Gasteiger partial charge is 0.252 e. The molecule has 0 amide bonds. The maximum absolute atomic E-state index is 4.89. The van der Waals surface area contributed by atoms with Crippen LogP contribution in [-0.2, 0) is 12.8 Å². The van der Waals surface area contributed by atoms with E-state index in [0.29, 0.717) is 11.7 Å². The molecule has 0 aliphatic heterocycles. The Labute approximate surface area is 162 Å². The van der Waals surface area contributed by atoms with E-state index >= 15 is 0 Å². The summed E-state index contributed by atoms with van der Waals surface area (Å²) in [5.41, 5.74) is 5.39. The molecule has 0 radical (unpaired) electrons. The normalized spacial score (nSPS) is 14.1. The number of aryl methyl sites for hydroxylation is 4. The first-order valence-electron chi connectivity index (χ1n) is 9.64. The van der Waals surface area contributed by atoms with Crippen LogP contribution in [0.4, 0.5) is 0 Å². The molecule has 8 heteroatoms. The molecule has 1 fully saturated rings. The molecule has 4 aromatic heterocycles. The third kappa shape index (κ3) is 2.85. The third-order valence-corrected chi connectivity index (χ3v) is 5.44. The highest BCUT2D eigenvalue weighted by Gasteiger charge is 2.29.